The van der Waals surface area contributed by atoms with Gasteiger partial charge in [-0.05, 0) is 62.0 Å². The Labute approximate surface area is 166 Å². The average molecular weight is 386 g/mol. The minimum atomic E-state index is -0.784. The fourth-order valence-corrected chi connectivity index (χ4v) is 5.06. The number of nitrogens with one attached hydrogen (secondary N) is 1. The third kappa shape index (κ3) is 4.00. The highest BCUT2D eigenvalue weighted by Gasteiger charge is 2.40. The lowest BCUT2D eigenvalue weighted by molar-refractivity contribution is -0.133. The first kappa shape index (κ1) is 19.2. The zero-order valence-corrected chi connectivity index (χ0v) is 16.4. The number of fused-ring (bicyclic) bond motifs is 2. The van der Waals surface area contributed by atoms with Gasteiger partial charge in [-0.15, -0.1) is 0 Å². The highest BCUT2D eigenvalue weighted by Crippen LogP contribution is 2.41. The van der Waals surface area contributed by atoms with Gasteiger partial charge < -0.3 is 20.7 Å². The minimum Gasteiger partial charge on any atom is -0.410 e. The lowest BCUT2D eigenvalue weighted by atomic mass is 9.69. The molecule has 2 saturated heterocycles. The second kappa shape index (κ2) is 8.09. The summed E-state index contributed by atoms with van der Waals surface area (Å²) in [4.78, 5) is 27.8. The molecule has 2 amide bonds. The van der Waals surface area contributed by atoms with Crippen LogP contribution in [0.25, 0.3) is 0 Å². The molecule has 0 bridgehead atoms. The Hall–Kier alpha value is -2.12. The van der Waals surface area contributed by atoms with Crippen molar-refractivity contribution < 1.29 is 14.3 Å². The van der Waals surface area contributed by atoms with Gasteiger partial charge in [0.05, 0.1) is 0 Å². The van der Waals surface area contributed by atoms with E-state index in [0.717, 1.165) is 71.5 Å². The molecule has 0 aromatic heterocycles. The number of benzene rings is 1. The van der Waals surface area contributed by atoms with Crippen molar-refractivity contribution in [2.24, 2.45) is 5.73 Å². The van der Waals surface area contributed by atoms with Crippen LogP contribution >= 0.6 is 0 Å². The minimum absolute atomic E-state index is 0.121. The summed E-state index contributed by atoms with van der Waals surface area (Å²) >= 11 is 0. The lowest BCUT2D eigenvalue weighted by Gasteiger charge is -2.47. The maximum Gasteiger partial charge on any atom is 0.409 e. The first-order valence-electron chi connectivity index (χ1n) is 10.4. The first-order valence-corrected chi connectivity index (χ1v) is 10.4. The first-order chi connectivity index (χ1) is 13.6. The summed E-state index contributed by atoms with van der Waals surface area (Å²) in [6.45, 7) is 6.40. The number of amides is 2. The van der Waals surface area contributed by atoms with Gasteiger partial charge in [-0.2, -0.15) is 0 Å². The van der Waals surface area contributed by atoms with Gasteiger partial charge in [0.1, 0.15) is 5.75 Å². The fraction of sp³-hybridized carbons (Fsp3) is 0.619. The topological polar surface area (TPSA) is 87.9 Å². The number of rotatable bonds is 4. The van der Waals surface area contributed by atoms with E-state index in [4.69, 9.17) is 10.5 Å². The maximum atomic E-state index is 12.1. The van der Waals surface area contributed by atoms with E-state index in [0.29, 0.717) is 12.2 Å². The summed E-state index contributed by atoms with van der Waals surface area (Å²) in [6.07, 6.45) is 4.22. The number of nitrogens with two attached hydrogens (primary N) is 1. The summed E-state index contributed by atoms with van der Waals surface area (Å²) in [5, 5.41) is 3.47. The zero-order valence-electron chi connectivity index (χ0n) is 16.4. The van der Waals surface area contributed by atoms with Crippen molar-refractivity contribution in [1.29, 1.82) is 0 Å². The van der Waals surface area contributed by atoms with E-state index < -0.39 is 6.09 Å². The highest BCUT2D eigenvalue weighted by atomic mass is 16.5. The third-order valence-electron chi connectivity index (χ3n) is 6.45. The van der Waals surface area contributed by atoms with E-state index >= 15 is 0 Å². The van der Waals surface area contributed by atoms with Crippen molar-refractivity contribution in [3.8, 4) is 5.75 Å². The van der Waals surface area contributed by atoms with Crippen molar-refractivity contribution >= 4 is 12.0 Å². The molecule has 3 aliphatic rings. The van der Waals surface area contributed by atoms with Crippen LogP contribution in [0.15, 0.2) is 18.2 Å². The van der Waals surface area contributed by atoms with Gasteiger partial charge in [0.25, 0.3) is 0 Å². The van der Waals surface area contributed by atoms with Gasteiger partial charge in [0.15, 0.2) is 0 Å². The summed E-state index contributed by atoms with van der Waals surface area (Å²) in [5.41, 5.74) is 7.89. The molecule has 28 heavy (non-hydrogen) atoms. The number of nitrogens with zero attached hydrogens (tertiary/aromatic N) is 2. The molecule has 0 saturated carbocycles. The quantitative estimate of drug-likeness (QED) is 0.821. The van der Waals surface area contributed by atoms with Gasteiger partial charge in [0.2, 0.25) is 5.91 Å². The molecule has 1 aromatic rings. The smallest absolute Gasteiger partial charge is 0.409 e. The highest BCUT2D eigenvalue weighted by molar-refractivity contribution is 5.76. The largest absolute Gasteiger partial charge is 0.410 e. The molecule has 3 aliphatic heterocycles. The van der Waals surface area contributed by atoms with E-state index in [9.17, 15) is 9.59 Å². The monoisotopic (exact) mass is 386 g/mol. The maximum absolute atomic E-state index is 12.1. The SMILES string of the molecule is NC(=O)Oc1ccc2c(c1)CN(CCN1CCCCC1=O)CC21CCNCC1. The van der Waals surface area contributed by atoms with E-state index in [1.807, 2.05) is 17.0 Å². The second-order valence-electron chi connectivity index (χ2n) is 8.32. The molecule has 3 N–H and O–H groups in total. The Balaban J connectivity index is 1.54. The average Bonchev–Trinajstić information content (AvgIpc) is 2.67. The van der Waals surface area contributed by atoms with Crippen LogP contribution in [0.3, 0.4) is 0 Å². The predicted octanol–water partition coefficient (Wildman–Crippen LogP) is 1.59. The van der Waals surface area contributed by atoms with E-state index in [2.05, 4.69) is 16.3 Å². The van der Waals surface area contributed by atoms with Crippen LogP contribution < -0.4 is 15.8 Å². The van der Waals surface area contributed by atoms with Gasteiger partial charge in [0, 0.05) is 44.6 Å². The van der Waals surface area contributed by atoms with Gasteiger partial charge in [-0.25, -0.2) is 4.79 Å². The van der Waals surface area contributed by atoms with Crippen LogP contribution in [0.2, 0.25) is 0 Å². The summed E-state index contributed by atoms with van der Waals surface area (Å²) < 4.78 is 5.12. The molecule has 152 valence electrons. The number of primary amides is 1. The normalized spacial score (nSPS) is 22.1. The van der Waals surface area contributed by atoms with Crippen LogP contribution in [-0.4, -0.2) is 61.1 Å². The van der Waals surface area contributed by atoms with E-state index in [1.165, 1.54) is 11.1 Å². The van der Waals surface area contributed by atoms with Crippen molar-refractivity contribution in [3.63, 3.8) is 0 Å². The van der Waals surface area contributed by atoms with Gasteiger partial charge in [-0.3, -0.25) is 9.69 Å². The summed E-state index contributed by atoms with van der Waals surface area (Å²) in [5.74, 6) is 0.792. The number of likely N-dealkylation sites (tertiary alicyclic amines) is 1. The number of carbonyl (C=O) groups is 2. The molecule has 3 heterocycles. The Bertz CT molecular complexity index is 745. The van der Waals surface area contributed by atoms with Crippen molar-refractivity contribution in [2.75, 3.05) is 39.3 Å². The number of ether oxygens (including phenoxy) is 1. The van der Waals surface area contributed by atoms with Crippen LogP contribution in [0.1, 0.15) is 43.2 Å². The zero-order chi connectivity index (χ0) is 19.6. The van der Waals surface area contributed by atoms with Crippen LogP contribution in [0.4, 0.5) is 4.79 Å². The number of carbonyl (C=O) groups excluding carboxylic acids is 2. The summed E-state index contributed by atoms with van der Waals surface area (Å²) in [7, 11) is 0. The molecule has 2 fully saturated rings. The van der Waals surface area contributed by atoms with Gasteiger partial charge in [-0.1, -0.05) is 6.07 Å². The van der Waals surface area contributed by atoms with E-state index in [-0.39, 0.29) is 11.3 Å². The summed E-state index contributed by atoms with van der Waals surface area (Å²) in [6, 6.07) is 5.93. The van der Waals surface area contributed by atoms with Crippen LogP contribution in [0.5, 0.6) is 5.75 Å². The lowest BCUT2D eigenvalue weighted by Crippen LogP contribution is -2.52. The molecule has 0 atom stereocenters. The van der Waals surface area contributed by atoms with Crippen molar-refractivity contribution in [2.45, 2.75) is 44.1 Å². The Morgan fingerprint density at radius 3 is 2.79 bits per heavy atom. The molecule has 7 heteroatoms. The van der Waals surface area contributed by atoms with Crippen molar-refractivity contribution in [3.05, 3.63) is 29.3 Å². The Morgan fingerprint density at radius 2 is 2.04 bits per heavy atom. The number of hydrogen-bond acceptors (Lipinski definition) is 5. The second-order valence-corrected chi connectivity index (χ2v) is 8.32. The van der Waals surface area contributed by atoms with Gasteiger partial charge >= 0.3 is 6.09 Å². The fourth-order valence-electron chi connectivity index (χ4n) is 5.06. The predicted molar refractivity (Wildman–Crippen MR) is 106 cm³/mol. The molecule has 1 spiro atoms. The van der Waals surface area contributed by atoms with E-state index in [1.54, 1.807) is 0 Å². The molecule has 7 nitrogen and oxygen atoms in total. The number of hydrogen-bond donors (Lipinski definition) is 2. The third-order valence-corrected chi connectivity index (χ3v) is 6.45. The Kier molecular flexibility index (Phi) is 5.55. The molecule has 0 radical (unpaired) electrons. The molecule has 0 unspecified atom stereocenters. The van der Waals surface area contributed by atoms with Crippen molar-refractivity contribution in [1.82, 2.24) is 15.1 Å². The molecular weight excluding hydrogens is 356 g/mol. The molecular formula is C21H30N4O3. The molecule has 4 rings (SSSR count). The van der Waals surface area contributed by atoms with Crippen LogP contribution in [0, 0.1) is 0 Å². The standard InChI is InChI=1S/C21H30N4O3/c22-20(27)28-17-4-5-18-16(13-17)14-24(15-21(18)6-8-23-9-7-21)11-12-25-10-2-1-3-19(25)26/h4-5,13,23H,1-3,6-12,14-15H2,(H2,22,27). The molecule has 1 aromatic carbocycles. The Morgan fingerprint density at radius 1 is 1.21 bits per heavy atom. The molecule has 0 aliphatic carbocycles. The number of piperidine rings is 2. The van der Waals surface area contributed by atoms with Crippen LogP contribution in [-0.2, 0) is 16.8 Å².